The van der Waals surface area contributed by atoms with Crippen LogP contribution in [-0.4, -0.2) is 46.1 Å². The minimum absolute atomic E-state index is 0.470. The molecule has 0 aliphatic rings. The van der Waals surface area contributed by atoms with E-state index in [-0.39, 0.29) is 0 Å². The number of benzene rings is 3. The highest BCUT2D eigenvalue weighted by molar-refractivity contribution is 5.47. The van der Waals surface area contributed by atoms with Crippen molar-refractivity contribution in [2.45, 2.75) is 39.3 Å². The molecule has 4 rings (SSSR count). The zero-order chi connectivity index (χ0) is 25.3. The number of nitrogens with zero attached hydrogens (tertiary/aromatic N) is 3. The summed E-state index contributed by atoms with van der Waals surface area (Å²) >= 11 is 0. The van der Waals surface area contributed by atoms with Gasteiger partial charge in [-0.05, 0) is 56.1 Å². The number of methoxy groups -OCH3 is 1. The van der Waals surface area contributed by atoms with E-state index in [1.807, 2.05) is 84.4 Å². The van der Waals surface area contributed by atoms with Gasteiger partial charge in [0.05, 0.1) is 30.2 Å². The molecule has 0 spiro atoms. The molecule has 1 atom stereocenters. The summed E-state index contributed by atoms with van der Waals surface area (Å²) in [6.07, 6.45) is 1.13. The second-order valence-corrected chi connectivity index (χ2v) is 8.95. The van der Waals surface area contributed by atoms with Crippen molar-refractivity contribution >= 4 is 0 Å². The average molecular weight is 486 g/mol. The number of ether oxygens (including phenoxy) is 2. The van der Waals surface area contributed by atoms with Gasteiger partial charge in [-0.3, -0.25) is 4.90 Å². The molecule has 0 saturated carbocycles. The van der Waals surface area contributed by atoms with Crippen LogP contribution in [0.5, 0.6) is 17.4 Å². The number of aliphatic hydroxyl groups excluding tert-OH is 1. The maximum Gasteiger partial charge on any atom is 0.227 e. The first kappa shape index (κ1) is 25.5. The van der Waals surface area contributed by atoms with Gasteiger partial charge < -0.3 is 14.6 Å². The van der Waals surface area contributed by atoms with Gasteiger partial charge in [-0.25, -0.2) is 4.68 Å². The summed E-state index contributed by atoms with van der Waals surface area (Å²) in [5.74, 6) is 1.94. The molecule has 0 bridgehead atoms. The lowest BCUT2D eigenvalue weighted by Gasteiger charge is -2.25. The Hall–Kier alpha value is -3.61. The lowest BCUT2D eigenvalue weighted by Crippen LogP contribution is -2.34. The van der Waals surface area contributed by atoms with Crippen molar-refractivity contribution in [3.63, 3.8) is 0 Å². The molecule has 0 fully saturated rings. The predicted octanol–water partition coefficient (Wildman–Crippen LogP) is 5.80. The van der Waals surface area contributed by atoms with Crippen LogP contribution in [0.15, 0.2) is 84.9 Å². The minimum Gasteiger partial charge on any atom is -0.493 e. The lowest BCUT2D eigenvalue weighted by molar-refractivity contribution is 0.108. The number of aliphatic hydroxyl groups is 1. The van der Waals surface area contributed by atoms with E-state index in [0.29, 0.717) is 36.9 Å². The second kappa shape index (κ2) is 12.4. The number of aromatic nitrogens is 2. The summed E-state index contributed by atoms with van der Waals surface area (Å²) in [7, 11) is 1.64. The predicted molar refractivity (Wildman–Crippen MR) is 143 cm³/mol. The van der Waals surface area contributed by atoms with Gasteiger partial charge in [-0.15, -0.1) is 0 Å². The van der Waals surface area contributed by atoms with Crippen molar-refractivity contribution in [2.24, 2.45) is 0 Å². The van der Waals surface area contributed by atoms with Gasteiger partial charge >= 0.3 is 0 Å². The monoisotopic (exact) mass is 485 g/mol. The first-order valence-electron chi connectivity index (χ1n) is 12.5. The third kappa shape index (κ3) is 6.33. The Bertz CT molecular complexity index is 1220. The quantitative estimate of drug-likeness (QED) is 0.275. The van der Waals surface area contributed by atoms with E-state index >= 15 is 0 Å². The number of para-hydroxylation sites is 3. The van der Waals surface area contributed by atoms with E-state index < -0.39 is 6.10 Å². The van der Waals surface area contributed by atoms with Gasteiger partial charge in [-0.2, -0.15) is 5.10 Å². The van der Waals surface area contributed by atoms with Crippen LogP contribution in [0.1, 0.15) is 30.2 Å². The first-order valence-corrected chi connectivity index (χ1v) is 12.5. The molecule has 0 unspecified atom stereocenters. The fourth-order valence-electron chi connectivity index (χ4n) is 4.40. The molecule has 4 aromatic rings. The van der Waals surface area contributed by atoms with Crippen molar-refractivity contribution in [1.29, 1.82) is 0 Å². The molecular formula is C30H35N3O3. The van der Waals surface area contributed by atoms with E-state index in [4.69, 9.17) is 14.6 Å². The van der Waals surface area contributed by atoms with Crippen LogP contribution in [0.2, 0.25) is 0 Å². The number of aryl methyl sites for hydroxylation is 1. The van der Waals surface area contributed by atoms with Crippen LogP contribution in [-0.2, 0) is 13.0 Å². The molecule has 6 heteroatoms. The number of rotatable bonds is 12. The SMILES string of the molecule is CCCN(Cc1c(C)nn(-c2ccccc2)c1Oc1ccccc1OC)C[C@H](O)Cc1ccccc1. The van der Waals surface area contributed by atoms with E-state index in [9.17, 15) is 5.11 Å². The standard InChI is InChI=1S/C30H35N3O3/c1-4-19-32(21-26(34)20-24-13-7-5-8-14-24)22-27-23(2)31-33(25-15-9-6-10-16-25)30(27)36-29-18-12-11-17-28(29)35-3/h5-18,26,34H,4,19-22H2,1-3H3/t26-/m1/s1. The Balaban J connectivity index is 1.65. The molecule has 1 N–H and O–H groups in total. The van der Waals surface area contributed by atoms with Crippen LogP contribution in [0, 0.1) is 6.92 Å². The van der Waals surface area contributed by atoms with Gasteiger partial charge in [-0.1, -0.05) is 67.6 Å². The normalized spacial score (nSPS) is 12.0. The van der Waals surface area contributed by atoms with E-state index in [0.717, 1.165) is 35.5 Å². The smallest absolute Gasteiger partial charge is 0.227 e. The molecule has 0 aliphatic carbocycles. The van der Waals surface area contributed by atoms with Crippen LogP contribution in [0.3, 0.4) is 0 Å². The Morgan fingerprint density at radius 2 is 1.56 bits per heavy atom. The molecule has 1 heterocycles. The molecule has 0 saturated heterocycles. The molecule has 188 valence electrons. The van der Waals surface area contributed by atoms with Crippen LogP contribution in [0.25, 0.3) is 5.69 Å². The average Bonchev–Trinajstić information content (AvgIpc) is 3.20. The van der Waals surface area contributed by atoms with Crippen molar-refractivity contribution in [3.05, 3.63) is 102 Å². The fraction of sp³-hybridized carbons (Fsp3) is 0.300. The molecule has 3 aromatic carbocycles. The van der Waals surface area contributed by atoms with Crippen molar-refractivity contribution in [2.75, 3.05) is 20.2 Å². The Morgan fingerprint density at radius 1 is 0.917 bits per heavy atom. The van der Waals surface area contributed by atoms with Crippen molar-refractivity contribution < 1.29 is 14.6 Å². The number of hydrogen-bond acceptors (Lipinski definition) is 5. The third-order valence-electron chi connectivity index (χ3n) is 6.12. The topological polar surface area (TPSA) is 59.8 Å². The van der Waals surface area contributed by atoms with Crippen molar-refractivity contribution in [1.82, 2.24) is 14.7 Å². The van der Waals surface area contributed by atoms with Gasteiger partial charge in [0.15, 0.2) is 11.5 Å². The summed E-state index contributed by atoms with van der Waals surface area (Å²) < 4.78 is 13.9. The lowest BCUT2D eigenvalue weighted by atomic mass is 10.1. The molecule has 0 amide bonds. The van der Waals surface area contributed by atoms with Crippen LogP contribution in [0.4, 0.5) is 0 Å². The van der Waals surface area contributed by atoms with Crippen LogP contribution >= 0.6 is 0 Å². The van der Waals surface area contributed by atoms with Crippen molar-refractivity contribution in [3.8, 4) is 23.1 Å². The summed E-state index contributed by atoms with van der Waals surface area (Å²) in [4.78, 5) is 2.28. The minimum atomic E-state index is -0.470. The summed E-state index contributed by atoms with van der Waals surface area (Å²) in [6.45, 7) is 6.20. The van der Waals surface area contributed by atoms with Gasteiger partial charge in [0.2, 0.25) is 5.88 Å². The maximum atomic E-state index is 10.9. The van der Waals surface area contributed by atoms with Gasteiger partial charge in [0.25, 0.3) is 0 Å². The first-order chi connectivity index (χ1) is 17.6. The summed E-state index contributed by atoms with van der Waals surface area (Å²) in [5.41, 5.74) is 3.94. The highest BCUT2D eigenvalue weighted by Crippen LogP contribution is 2.36. The Morgan fingerprint density at radius 3 is 2.22 bits per heavy atom. The second-order valence-electron chi connectivity index (χ2n) is 8.95. The number of hydrogen-bond donors (Lipinski definition) is 1. The molecule has 1 aromatic heterocycles. The third-order valence-corrected chi connectivity index (χ3v) is 6.12. The van der Waals surface area contributed by atoms with Gasteiger partial charge in [0, 0.05) is 13.1 Å². The maximum absolute atomic E-state index is 10.9. The molecule has 0 radical (unpaired) electrons. The zero-order valence-electron chi connectivity index (χ0n) is 21.3. The highest BCUT2D eigenvalue weighted by Gasteiger charge is 2.23. The Labute approximate surface area is 213 Å². The van der Waals surface area contributed by atoms with Crippen LogP contribution < -0.4 is 9.47 Å². The molecule has 6 nitrogen and oxygen atoms in total. The zero-order valence-corrected chi connectivity index (χ0v) is 21.3. The van der Waals surface area contributed by atoms with E-state index in [1.165, 1.54) is 0 Å². The largest absolute Gasteiger partial charge is 0.493 e. The summed E-state index contributed by atoms with van der Waals surface area (Å²) in [5, 5.41) is 15.7. The molecule has 0 aliphatic heterocycles. The fourth-order valence-corrected chi connectivity index (χ4v) is 4.40. The van der Waals surface area contributed by atoms with E-state index in [2.05, 4.69) is 24.0 Å². The van der Waals surface area contributed by atoms with E-state index in [1.54, 1.807) is 7.11 Å². The Kier molecular flexibility index (Phi) is 8.76. The molecule has 36 heavy (non-hydrogen) atoms. The van der Waals surface area contributed by atoms with Gasteiger partial charge in [0.1, 0.15) is 0 Å². The highest BCUT2D eigenvalue weighted by atomic mass is 16.5. The summed E-state index contributed by atoms with van der Waals surface area (Å²) in [6, 6.07) is 27.7. The molecular weight excluding hydrogens is 450 g/mol.